The van der Waals surface area contributed by atoms with Crippen molar-refractivity contribution in [3.05, 3.63) is 53.9 Å². The minimum absolute atomic E-state index is 0.186. The van der Waals surface area contributed by atoms with Gasteiger partial charge in [0, 0.05) is 0 Å². The van der Waals surface area contributed by atoms with Crippen LogP contribution in [0.5, 0.6) is 0 Å². The topological polar surface area (TPSA) is 55.1 Å². The van der Waals surface area contributed by atoms with Crippen LogP contribution in [0, 0.1) is 5.95 Å². The highest BCUT2D eigenvalue weighted by Gasteiger charge is 2.21. The second kappa shape index (κ2) is 5.10. The highest BCUT2D eigenvalue weighted by atomic mass is 19.1. The third-order valence-electron chi connectivity index (χ3n) is 2.86. The monoisotopic (exact) mass is 248 g/mol. The summed E-state index contributed by atoms with van der Waals surface area (Å²) in [6, 6.07) is 9.16. The predicted molar refractivity (Wildman–Crippen MR) is 63.9 cm³/mol. The normalized spacial score (nSPS) is 12.4. The van der Waals surface area contributed by atoms with Gasteiger partial charge in [-0.1, -0.05) is 30.3 Å². The summed E-state index contributed by atoms with van der Waals surface area (Å²) in [7, 11) is 0. The molecule has 0 radical (unpaired) electrons. The third-order valence-corrected chi connectivity index (χ3v) is 2.86. The fraction of sp³-hybridized carbons (Fsp3) is 0.231. The van der Waals surface area contributed by atoms with Crippen molar-refractivity contribution in [3.63, 3.8) is 0 Å². The Labute approximate surface area is 104 Å². The van der Waals surface area contributed by atoms with Crippen molar-refractivity contribution in [1.29, 1.82) is 0 Å². The third kappa shape index (κ3) is 2.17. The van der Waals surface area contributed by atoms with Crippen molar-refractivity contribution < 1.29 is 14.3 Å². The number of aliphatic hydroxyl groups is 1. The van der Waals surface area contributed by atoms with Gasteiger partial charge in [0.1, 0.15) is 12.3 Å². The molecule has 5 heteroatoms. The zero-order valence-corrected chi connectivity index (χ0v) is 9.88. The minimum Gasteiger partial charge on any atom is -0.388 e. The Kier molecular flexibility index (Phi) is 3.53. The van der Waals surface area contributed by atoms with Crippen molar-refractivity contribution >= 4 is 5.78 Å². The summed E-state index contributed by atoms with van der Waals surface area (Å²) in [6.07, 6.45) is 1.27. The molecule has 0 fully saturated rings. The van der Waals surface area contributed by atoms with Gasteiger partial charge in [-0.3, -0.25) is 4.79 Å². The number of Topliss-reactive ketones (excluding diaryl/α,β-unsaturated/α-hetero) is 1. The number of benzene rings is 1. The van der Waals surface area contributed by atoms with E-state index >= 15 is 0 Å². The van der Waals surface area contributed by atoms with Crippen LogP contribution in [0.15, 0.2) is 36.7 Å². The molecule has 1 N–H and O–H groups in total. The average Bonchev–Trinajstić information content (AvgIpc) is 2.80. The second-order valence-corrected chi connectivity index (χ2v) is 3.96. The Hall–Kier alpha value is -2.01. The Balaban J connectivity index is 2.43. The Morgan fingerprint density at radius 1 is 1.44 bits per heavy atom. The number of imidazole rings is 1. The molecule has 0 unspecified atom stereocenters. The summed E-state index contributed by atoms with van der Waals surface area (Å²) < 4.78 is 14.9. The molecule has 0 aliphatic rings. The number of carbonyl (C=O) groups excluding carboxylic acids is 1. The summed E-state index contributed by atoms with van der Waals surface area (Å²) in [5, 5.41) is 8.85. The van der Waals surface area contributed by atoms with E-state index in [1.807, 2.05) is 37.3 Å². The van der Waals surface area contributed by atoms with Crippen LogP contribution in [0.3, 0.4) is 0 Å². The SMILES string of the molecule is C[C@H](c1ccccc1)n1cnc(F)c1C(=O)CO. The van der Waals surface area contributed by atoms with Gasteiger partial charge in [0.05, 0.1) is 12.4 Å². The molecule has 0 bridgehead atoms. The summed E-state index contributed by atoms with van der Waals surface area (Å²) >= 11 is 0. The van der Waals surface area contributed by atoms with E-state index < -0.39 is 18.3 Å². The lowest BCUT2D eigenvalue weighted by Gasteiger charge is -2.15. The summed E-state index contributed by atoms with van der Waals surface area (Å²) in [6.45, 7) is 1.11. The summed E-state index contributed by atoms with van der Waals surface area (Å²) in [5.41, 5.74) is 0.746. The van der Waals surface area contributed by atoms with Crippen LogP contribution in [0.25, 0.3) is 0 Å². The number of ketones is 1. The van der Waals surface area contributed by atoms with E-state index in [0.29, 0.717) is 0 Å². The molecule has 0 aliphatic heterocycles. The maximum Gasteiger partial charge on any atom is 0.242 e. The fourth-order valence-corrected chi connectivity index (χ4v) is 1.86. The number of carbonyl (C=O) groups is 1. The molecule has 2 rings (SSSR count). The van der Waals surface area contributed by atoms with E-state index in [2.05, 4.69) is 4.98 Å². The van der Waals surface area contributed by atoms with E-state index in [4.69, 9.17) is 5.11 Å². The number of aromatic nitrogens is 2. The van der Waals surface area contributed by atoms with Gasteiger partial charge < -0.3 is 9.67 Å². The molecule has 0 saturated heterocycles. The molecule has 0 saturated carbocycles. The first-order valence-electron chi connectivity index (χ1n) is 5.56. The maximum absolute atomic E-state index is 13.5. The number of halogens is 1. The quantitative estimate of drug-likeness (QED) is 0.839. The molecule has 94 valence electrons. The van der Waals surface area contributed by atoms with Gasteiger partial charge in [-0.25, -0.2) is 4.98 Å². The molecule has 2 aromatic rings. The van der Waals surface area contributed by atoms with E-state index in [-0.39, 0.29) is 11.7 Å². The Morgan fingerprint density at radius 2 is 2.11 bits per heavy atom. The van der Waals surface area contributed by atoms with Crippen molar-refractivity contribution in [2.75, 3.05) is 6.61 Å². The molecule has 4 nitrogen and oxygen atoms in total. The molecule has 0 aliphatic carbocycles. The van der Waals surface area contributed by atoms with E-state index in [1.165, 1.54) is 10.9 Å². The predicted octanol–water partition coefficient (Wildman–Crippen LogP) is 1.81. The second-order valence-electron chi connectivity index (χ2n) is 3.96. The van der Waals surface area contributed by atoms with Gasteiger partial charge in [-0.2, -0.15) is 4.39 Å². The lowest BCUT2D eigenvalue weighted by Crippen LogP contribution is -2.17. The van der Waals surface area contributed by atoms with Crippen LogP contribution in [-0.2, 0) is 0 Å². The molecule has 0 amide bonds. The molecular formula is C13H13FN2O2. The number of hydrogen-bond donors (Lipinski definition) is 1. The van der Waals surface area contributed by atoms with Crippen LogP contribution in [0.2, 0.25) is 0 Å². The van der Waals surface area contributed by atoms with Crippen molar-refractivity contribution in [3.8, 4) is 0 Å². The van der Waals surface area contributed by atoms with Crippen molar-refractivity contribution in [2.45, 2.75) is 13.0 Å². The van der Waals surface area contributed by atoms with E-state index in [9.17, 15) is 9.18 Å². The highest BCUT2D eigenvalue weighted by molar-refractivity contribution is 5.95. The highest BCUT2D eigenvalue weighted by Crippen LogP contribution is 2.21. The molecule has 18 heavy (non-hydrogen) atoms. The summed E-state index contributed by atoms with van der Waals surface area (Å²) in [4.78, 5) is 15.0. The van der Waals surface area contributed by atoms with Crippen LogP contribution in [-0.4, -0.2) is 27.0 Å². The number of nitrogens with zero attached hydrogens (tertiary/aromatic N) is 2. The smallest absolute Gasteiger partial charge is 0.242 e. The lowest BCUT2D eigenvalue weighted by atomic mass is 10.1. The molecule has 1 heterocycles. The zero-order chi connectivity index (χ0) is 13.1. The number of aliphatic hydroxyl groups excluding tert-OH is 1. The van der Waals surface area contributed by atoms with E-state index in [0.717, 1.165) is 5.56 Å². The van der Waals surface area contributed by atoms with Crippen molar-refractivity contribution in [2.24, 2.45) is 0 Å². The Morgan fingerprint density at radius 3 is 2.72 bits per heavy atom. The molecule has 1 aromatic carbocycles. The van der Waals surface area contributed by atoms with Crippen LogP contribution >= 0.6 is 0 Å². The molecular weight excluding hydrogens is 235 g/mol. The number of hydrogen-bond acceptors (Lipinski definition) is 3. The van der Waals surface area contributed by atoms with Gasteiger partial charge in [-0.15, -0.1) is 0 Å². The maximum atomic E-state index is 13.5. The average molecular weight is 248 g/mol. The van der Waals surface area contributed by atoms with Gasteiger partial charge in [0.2, 0.25) is 11.7 Å². The van der Waals surface area contributed by atoms with Gasteiger partial charge >= 0.3 is 0 Å². The van der Waals surface area contributed by atoms with Crippen LogP contribution in [0.4, 0.5) is 4.39 Å². The van der Waals surface area contributed by atoms with E-state index in [1.54, 1.807) is 0 Å². The molecule has 0 spiro atoms. The largest absolute Gasteiger partial charge is 0.388 e. The fourth-order valence-electron chi connectivity index (χ4n) is 1.86. The first kappa shape index (κ1) is 12.4. The minimum atomic E-state index is -0.850. The lowest BCUT2D eigenvalue weighted by molar-refractivity contribution is 0.0888. The van der Waals surface area contributed by atoms with Gasteiger partial charge in [-0.05, 0) is 12.5 Å². The molecule has 1 atom stereocenters. The first-order valence-corrected chi connectivity index (χ1v) is 5.56. The Bertz CT molecular complexity index is 551. The van der Waals surface area contributed by atoms with Crippen LogP contribution < -0.4 is 0 Å². The standard InChI is InChI=1S/C13H13FN2O2/c1-9(10-5-3-2-4-6-10)16-8-15-13(14)12(16)11(18)7-17/h2-6,8-9,17H,7H2,1H3/t9-/m1/s1. The first-order chi connectivity index (χ1) is 8.65. The summed E-state index contributed by atoms with van der Waals surface area (Å²) in [5.74, 6) is -1.52. The van der Waals surface area contributed by atoms with Gasteiger partial charge in [0.15, 0.2) is 0 Å². The number of rotatable bonds is 4. The van der Waals surface area contributed by atoms with Crippen LogP contribution in [0.1, 0.15) is 29.0 Å². The van der Waals surface area contributed by atoms with Crippen molar-refractivity contribution in [1.82, 2.24) is 9.55 Å². The molecule has 1 aromatic heterocycles. The zero-order valence-electron chi connectivity index (χ0n) is 9.88. The van der Waals surface area contributed by atoms with Gasteiger partial charge in [0.25, 0.3) is 0 Å².